The quantitative estimate of drug-likeness (QED) is 0.828. The van der Waals surface area contributed by atoms with Gasteiger partial charge in [-0.1, -0.05) is 0 Å². The topological polar surface area (TPSA) is 38.7 Å². The van der Waals surface area contributed by atoms with Crippen LogP contribution in [0.25, 0.3) is 0 Å². The van der Waals surface area contributed by atoms with Gasteiger partial charge in [-0.05, 0) is 60.8 Å². The zero-order valence-electron chi connectivity index (χ0n) is 16.6. The van der Waals surface area contributed by atoms with Crippen molar-refractivity contribution in [1.29, 1.82) is 0 Å². The summed E-state index contributed by atoms with van der Waals surface area (Å²) in [5.41, 5.74) is 1.18. The van der Waals surface area contributed by atoms with Crippen molar-refractivity contribution < 1.29 is 0 Å². The molecule has 2 fully saturated rings. The van der Waals surface area contributed by atoms with E-state index in [4.69, 9.17) is 4.98 Å². The van der Waals surface area contributed by atoms with E-state index in [1.54, 1.807) is 0 Å². The van der Waals surface area contributed by atoms with Gasteiger partial charge in [-0.2, -0.15) is 4.98 Å². The summed E-state index contributed by atoms with van der Waals surface area (Å²) in [5, 5.41) is 0. The Bertz CT molecular complexity index is 573. The molecular formula is C19H34N6. The third-order valence-electron chi connectivity index (χ3n) is 5.77. The Balaban J connectivity index is 1.78. The van der Waals surface area contributed by atoms with Gasteiger partial charge in [0.15, 0.2) is 0 Å². The molecule has 2 aliphatic heterocycles. The molecule has 0 saturated carbocycles. The number of piperidine rings is 2. The molecule has 3 rings (SSSR count). The molecule has 0 amide bonds. The first kappa shape index (κ1) is 18.4. The van der Waals surface area contributed by atoms with Gasteiger partial charge in [0, 0.05) is 50.0 Å². The van der Waals surface area contributed by atoms with Crippen LogP contribution in [0, 0.1) is 6.92 Å². The SMILES string of the molecule is Cc1cnc(N2CCC[C@@H](N(C)C)C2)nc1N1CCC[C@H](N(C)C)C1. The summed E-state index contributed by atoms with van der Waals surface area (Å²) in [5.74, 6) is 2.03. The monoisotopic (exact) mass is 346 g/mol. The normalized spacial score (nSPS) is 25.1. The molecule has 0 radical (unpaired) electrons. The average Bonchev–Trinajstić information content (AvgIpc) is 2.62. The van der Waals surface area contributed by atoms with E-state index in [0.717, 1.165) is 37.9 Å². The Morgan fingerprint density at radius 1 is 0.920 bits per heavy atom. The third kappa shape index (κ3) is 4.23. The second kappa shape index (κ2) is 7.87. The molecule has 25 heavy (non-hydrogen) atoms. The molecule has 140 valence electrons. The van der Waals surface area contributed by atoms with E-state index < -0.39 is 0 Å². The fourth-order valence-electron chi connectivity index (χ4n) is 4.02. The van der Waals surface area contributed by atoms with Gasteiger partial charge in [0.1, 0.15) is 5.82 Å². The lowest BCUT2D eigenvalue weighted by Gasteiger charge is -2.38. The molecule has 2 atom stereocenters. The van der Waals surface area contributed by atoms with Crippen molar-refractivity contribution in [2.75, 3.05) is 64.2 Å². The lowest BCUT2D eigenvalue weighted by Crippen LogP contribution is -2.47. The highest BCUT2D eigenvalue weighted by Crippen LogP contribution is 2.26. The molecule has 0 bridgehead atoms. The summed E-state index contributed by atoms with van der Waals surface area (Å²) in [6.07, 6.45) is 6.99. The predicted molar refractivity (Wildman–Crippen MR) is 105 cm³/mol. The number of rotatable bonds is 4. The second-order valence-corrected chi connectivity index (χ2v) is 8.09. The van der Waals surface area contributed by atoms with E-state index in [1.165, 1.54) is 31.2 Å². The van der Waals surface area contributed by atoms with Crippen molar-refractivity contribution >= 4 is 11.8 Å². The van der Waals surface area contributed by atoms with Gasteiger partial charge in [0.2, 0.25) is 5.95 Å². The Morgan fingerprint density at radius 2 is 1.48 bits per heavy atom. The van der Waals surface area contributed by atoms with Crippen LogP contribution in [0.15, 0.2) is 6.20 Å². The van der Waals surface area contributed by atoms with Crippen molar-refractivity contribution in [3.63, 3.8) is 0 Å². The molecule has 0 unspecified atom stereocenters. The number of hydrogen-bond acceptors (Lipinski definition) is 6. The first-order valence-electron chi connectivity index (χ1n) is 9.62. The fourth-order valence-corrected chi connectivity index (χ4v) is 4.02. The Hall–Kier alpha value is -1.40. The smallest absolute Gasteiger partial charge is 0.227 e. The molecule has 2 aliphatic rings. The molecule has 0 aromatic carbocycles. The van der Waals surface area contributed by atoms with Crippen LogP contribution >= 0.6 is 0 Å². The molecule has 0 spiro atoms. The highest BCUT2D eigenvalue weighted by Gasteiger charge is 2.26. The molecule has 3 heterocycles. The van der Waals surface area contributed by atoms with E-state index in [0.29, 0.717) is 12.1 Å². The van der Waals surface area contributed by atoms with Gasteiger partial charge < -0.3 is 19.6 Å². The van der Waals surface area contributed by atoms with Crippen LogP contribution < -0.4 is 9.80 Å². The number of likely N-dealkylation sites (N-methyl/N-ethyl adjacent to an activating group) is 2. The fraction of sp³-hybridized carbons (Fsp3) is 0.789. The summed E-state index contributed by atoms with van der Waals surface area (Å²) in [7, 11) is 8.71. The van der Waals surface area contributed by atoms with Crippen molar-refractivity contribution in [2.45, 2.75) is 44.7 Å². The first-order valence-corrected chi connectivity index (χ1v) is 9.62. The van der Waals surface area contributed by atoms with Crippen molar-refractivity contribution in [1.82, 2.24) is 19.8 Å². The molecule has 0 N–H and O–H groups in total. The molecule has 6 nitrogen and oxygen atoms in total. The van der Waals surface area contributed by atoms with E-state index in [2.05, 4.69) is 59.7 Å². The zero-order valence-corrected chi connectivity index (χ0v) is 16.6. The van der Waals surface area contributed by atoms with E-state index in [9.17, 15) is 0 Å². The minimum absolute atomic E-state index is 0.593. The second-order valence-electron chi connectivity index (χ2n) is 8.09. The summed E-state index contributed by atoms with van der Waals surface area (Å²) in [6, 6.07) is 1.20. The Labute approximate surface area is 152 Å². The molecule has 1 aromatic heterocycles. The Kier molecular flexibility index (Phi) is 5.79. The molecule has 0 aliphatic carbocycles. The van der Waals surface area contributed by atoms with Crippen LogP contribution in [-0.4, -0.2) is 86.2 Å². The van der Waals surface area contributed by atoms with Crippen LogP contribution in [0.2, 0.25) is 0 Å². The highest BCUT2D eigenvalue weighted by molar-refractivity contribution is 5.50. The highest BCUT2D eigenvalue weighted by atomic mass is 15.3. The lowest BCUT2D eigenvalue weighted by atomic mass is 10.0. The van der Waals surface area contributed by atoms with Gasteiger partial charge in [-0.3, -0.25) is 0 Å². The molecule has 1 aromatic rings. The van der Waals surface area contributed by atoms with Crippen LogP contribution in [0.3, 0.4) is 0 Å². The van der Waals surface area contributed by atoms with Crippen LogP contribution in [0.4, 0.5) is 11.8 Å². The van der Waals surface area contributed by atoms with Crippen molar-refractivity contribution in [3.05, 3.63) is 11.8 Å². The largest absolute Gasteiger partial charge is 0.355 e. The third-order valence-corrected chi connectivity index (χ3v) is 5.77. The van der Waals surface area contributed by atoms with Crippen molar-refractivity contribution in [2.24, 2.45) is 0 Å². The van der Waals surface area contributed by atoms with Crippen LogP contribution in [0.5, 0.6) is 0 Å². The van der Waals surface area contributed by atoms with Gasteiger partial charge in [0.05, 0.1) is 0 Å². The standard InChI is InChI=1S/C19H34N6/c1-15-12-20-19(25-11-7-9-17(14-25)23(4)5)21-18(15)24-10-6-8-16(13-24)22(2)3/h12,16-17H,6-11,13-14H2,1-5H3/t16-,17+/m0/s1. The maximum Gasteiger partial charge on any atom is 0.227 e. The maximum absolute atomic E-state index is 5.01. The van der Waals surface area contributed by atoms with Crippen molar-refractivity contribution in [3.8, 4) is 0 Å². The average molecular weight is 347 g/mol. The van der Waals surface area contributed by atoms with Gasteiger partial charge in [-0.25, -0.2) is 4.98 Å². The molecular weight excluding hydrogens is 312 g/mol. The van der Waals surface area contributed by atoms with E-state index in [-0.39, 0.29) is 0 Å². The number of aryl methyl sites for hydroxylation is 1. The number of nitrogens with zero attached hydrogens (tertiary/aromatic N) is 6. The number of aromatic nitrogens is 2. The summed E-state index contributed by atoms with van der Waals surface area (Å²) in [6.45, 7) is 6.38. The van der Waals surface area contributed by atoms with Gasteiger partial charge >= 0.3 is 0 Å². The minimum atomic E-state index is 0.593. The van der Waals surface area contributed by atoms with E-state index >= 15 is 0 Å². The Morgan fingerprint density at radius 3 is 2.08 bits per heavy atom. The molecule has 2 saturated heterocycles. The zero-order chi connectivity index (χ0) is 18.0. The van der Waals surface area contributed by atoms with Gasteiger partial charge in [0.25, 0.3) is 0 Å². The minimum Gasteiger partial charge on any atom is -0.355 e. The lowest BCUT2D eigenvalue weighted by molar-refractivity contribution is 0.256. The predicted octanol–water partition coefficient (Wildman–Crippen LogP) is 1.85. The number of anilines is 2. The van der Waals surface area contributed by atoms with Crippen LogP contribution in [-0.2, 0) is 0 Å². The molecule has 6 heteroatoms. The summed E-state index contributed by atoms with van der Waals surface area (Å²) < 4.78 is 0. The summed E-state index contributed by atoms with van der Waals surface area (Å²) in [4.78, 5) is 19.2. The first-order chi connectivity index (χ1) is 12.0. The maximum atomic E-state index is 5.01. The number of hydrogen-bond donors (Lipinski definition) is 0. The van der Waals surface area contributed by atoms with Gasteiger partial charge in [-0.15, -0.1) is 0 Å². The van der Waals surface area contributed by atoms with E-state index in [1.807, 2.05) is 6.20 Å². The summed E-state index contributed by atoms with van der Waals surface area (Å²) >= 11 is 0. The van der Waals surface area contributed by atoms with Crippen LogP contribution in [0.1, 0.15) is 31.2 Å².